The molecule has 0 bridgehead atoms. The van der Waals surface area contributed by atoms with Gasteiger partial charge in [-0.15, -0.1) is 0 Å². The lowest BCUT2D eigenvalue weighted by atomic mass is 10.2. The Morgan fingerprint density at radius 3 is 2.41 bits per heavy atom. The molecule has 1 aliphatic heterocycles. The van der Waals surface area contributed by atoms with Gasteiger partial charge in [-0.2, -0.15) is 0 Å². The molecule has 1 fully saturated rings. The first kappa shape index (κ1) is 19.9. The summed E-state index contributed by atoms with van der Waals surface area (Å²) in [4.78, 5) is 26.9. The molecule has 144 valence electrons. The lowest BCUT2D eigenvalue weighted by molar-refractivity contribution is 0.102. The summed E-state index contributed by atoms with van der Waals surface area (Å²) in [5.41, 5.74) is 1.03. The average molecular weight is 501 g/mol. The Morgan fingerprint density at radius 2 is 1.74 bits per heavy atom. The normalized spacial score (nSPS) is 15.1. The molecule has 0 unspecified atom stereocenters. The largest absolute Gasteiger partial charge is 0.503 e. The summed E-state index contributed by atoms with van der Waals surface area (Å²) < 4.78 is 3.24. The molecule has 7 nitrogen and oxygen atoms in total. The van der Waals surface area contributed by atoms with Crippen LogP contribution in [0, 0.1) is 0 Å². The van der Waals surface area contributed by atoms with Crippen molar-refractivity contribution >= 4 is 38.0 Å². The van der Waals surface area contributed by atoms with Gasteiger partial charge in [0, 0.05) is 53.4 Å². The molecule has 0 aliphatic carbocycles. The lowest BCUT2D eigenvalue weighted by Crippen LogP contribution is -2.47. The summed E-state index contributed by atoms with van der Waals surface area (Å²) in [5.74, 6) is -0.260. The zero-order valence-corrected chi connectivity index (χ0v) is 17.6. The zero-order valence-electron chi connectivity index (χ0n) is 14.4. The van der Waals surface area contributed by atoms with Crippen molar-refractivity contribution in [3.63, 3.8) is 0 Å². The topological polar surface area (TPSA) is 86.0 Å². The lowest BCUT2D eigenvalue weighted by Gasteiger charge is -2.33. The maximum atomic E-state index is 12.6. The minimum Gasteiger partial charge on any atom is -0.503 e. The molecule has 27 heavy (non-hydrogen) atoms. The van der Waals surface area contributed by atoms with Crippen LogP contribution in [0.5, 0.6) is 5.75 Å². The smallest absolute Gasteiger partial charge is 0.407 e. The fraction of sp³-hybridized carbons (Fsp3) is 0.333. The molecular formula is C18H19Br2N3O4. The number of hydrogen-bond acceptors (Lipinski definition) is 4. The zero-order chi connectivity index (χ0) is 19.6. The van der Waals surface area contributed by atoms with Gasteiger partial charge in [0.2, 0.25) is 0 Å². The standard InChI is InChI=1S/C18H19Br2N3O4/c19-14-3-1-2-12(15(14)20)11-23-5-4-13(16(24)17(23)25)10-21-6-8-22(9-7-21)18(26)27/h1-5,24H,6-11H2,(H,26,27). The van der Waals surface area contributed by atoms with E-state index in [-0.39, 0.29) is 5.75 Å². The number of halogens is 2. The number of amides is 1. The monoisotopic (exact) mass is 499 g/mol. The number of pyridine rings is 1. The van der Waals surface area contributed by atoms with Gasteiger partial charge in [-0.25, -0.2) is 4.79 Å². The van der Waals surface area contributed by atoms with Crippen molar-refractivity contribution in [2.45, 2.75) is 13.1 Å². The fourth-order valence-corrected chi connectivity index (χ4v) is 3.84. The van der Waals surface area contributed by atoms with Gasteiger partial charge in [-0.3, -0.25) is 9.69 Å². The first-order valence-electron chi connectivity index (χ1n) is 8.41. The summed E-state index contributed by atoms with van der Waals surface area (Å²) >= 11 is 6.94. The number of rotatable bonds is 4. The van der Waals surface area contributed by atoms with Gasteiger partial charge >= 0.3 is 6.09 Å². The van der Waals surface area contributed by atoms with E-state index in [9.17, 15) is 14.7 Å². The third kappa shape index (κ3) is 4.53. The number of carboxylic acid groups (broad SMARTS) is 1. The first-order valence-corrected chi connectivity index (χ1v) is 10.00. The number of piperazine rings is 1. The van der Waals surface area contributed by atoms with E-state index < -0.39 is 11.7 Å². The van der Waals surface area contributed by atoms with Crippen LogP contribution in [0.2, 0.25) is 0 Å². The molecule has 1 amide bonds. The molecule has 1 aromatic carbocycles. The quantitative estimate of drug-likeness (QED) is 0.674. The highest BCUT2D eigenvalue weighted by Gasteiger charge is 2.21. The number of aromatic hydroxyl groups is 1. The Bertz CT molecular complexity index is 908. The van der Waals surface area contributed by atoms with Crippen molar-refractivity contribution in [2.24, 2.45) is 0 Å². The summed E-state index contributed by atoms with van der Waals surface area (Å²) in [7, 11) is 0. The first-order chi connectivity index (χ1) is 12.9. The van der Waals surface area contributed by atoms with Crippen LogP contribution < -0.4 is 5.56 Å². The highest BCUT2D eigenvalue weighted by molar-refractivity contribution is 9.13. The molecule has 0 radical (unpaired) electrons. The van der Waals surface area contributed by atoms with E-state index in [2.05, 4.69) is 31.9 Å². The second-order valence-corrected chi connectivity index (χ2v) is 8.03. The van der Waals surface area contributed by atoms with Gasteiger partial charge in [-0.1, -0.05) is 12.1 Å². The van der Waals surface area contributed by atoms with E-state index >= 15 is 0 Å². The van der Waals surface area contributed by atoms with Gasteiger partial charge in [0.1, 0.15) is 0 Å². The van der Waals surface area contributed by atoms with Crippen molar-refractivity contribution in [1.29, 1.82) is 0 Å². The molecule has 9 heteroatoms. The van der Waals surface area contributed by atoms with Crippen LogP contribution in [0.15, 0.2) is 44.2 Å². The Kier molecular flexibility index (Phi) is 6.23. The van der Waals surface area contributed by atoms with Crippen molar-refractivity contribution in [3.8, 4) is 5.75 Å². The number of nitrogens with zero attached hydrogens (tertiary/aromatic N) is 3. The molecule has 2 heterocycles. The van der Waals surface area contributed by atoms with Crippen molar-refractivity contribution in [3.05, 3.63) is 60.9 Å². The predicted molar refractivity (Wildman–Crippen MR) is 108 cm³/mol. The molecule has 0 saturated carbocycles. The van der Waals surface area contributed by atoms with Gasteiger partial charge in [-0.05, 0) is 49.6 Å². The Labute approximate surface area is 173 Å². The highest BCUT2D eigenvalue weighted by atomic mass is 79.9. The van der Waals surface area contributed by atoms with Crippen LogP contribution in [0.25, 0.3) is 0 Å². The maximum absolute atomic E-state index is 12.6. The molecule has 2 N–H and O–H groups in total. The third-order valence-electron chi connectivity index (χ3n) is 4.63. The van der Waals surface area contributed by atoms with Crippen LogP contribution in [0.4, 0.5) is 4.79 Å². The Morgan fingerprint density at radius 1 is 1.04 bits per heavy atom. The van der Waals surface area contributed by atoms with Gasteiger partial charge in [0.25, 0.3) is 5.56 Å². The van der Waals surface area contributed by atoms with E-state index in [1.165, 1.54) is 9.47 Å². The van der Waals surface area contributed by atoms with Crippen LogP contribution >= 0.6 is 31.9 Å². The number of carbonyl (C=O) groups is 1. The van der Waals surface area contributed by atoms with Crippen molar-refractivity contribution in [1.82, 2.24) is 14.4 Å². The van der Waals surface area contributed by atoms with Crippen LogP contribution in [-0.2, 0) is 13.1 Å². The summed E-state index contributed by atoms with van der Waals surface area (Å²) in [6, 6.07) is 7.45. The SMILES string of the molecule is O=C(O)N1CCN(Cc2ccn(Cc3cccc(Br)c3Br)c(=O)c2O)CC1. The summed E-state index contributed by atoms with van der Waals surface area (Å²) in [6.07, 6.45) is 0.761. The summed E-state index contributed by atoms with van der Waals surface area (Å²) in [5, 5.41) is 19.4. The fourth-order valence-electron chi connectivity index (χ4n) is 3.04. The average Bonchev–Trinajstić information content (AvgIpc) is 2.65. The minimum absolute atomic E-state index is 0.260. The molecule has 1 aromatic heterocycles. The second-order valence-electron chi connectivity index (χ2n) is 6.38. The van der Waals surface area contributed by atoms with Gasteiger partial charge in [0.05, 0.1) is 6.54 Å². The van der Waals surface area contributed by atoms with Gasteiger partial charge in [0.15, 0.2) is 5.75 Å². The minimum atomic E-state index is -0.918. The molecule has 3 rings (SSSR count). The van der Waals surface area contributed by atoms with Crippen LogP contribution in [0.1, 0.15) is 11.1 Å². The predicted octanol–water partition coefficient (Wildman–Crippen LogP) is 2.92. The van der Waals surface area contributed by atoms with Crippen molar-refractivity contribution < 1.29 is 15.0 Å². The maximum Gasteiger partial charge on any atom is 0.407 e. The Hall–Kier alpha value is -1.84. The van der Waals surface area contributed by atoms with E-state index in [1.807, 2.05) is 23.1 Å². The molecule has 0 atom stereocenters. The van der Waals surface area contributed by atoms with Crippen LogP contribution in [0.3, 0.4) is 0 Å². The van der Waals surface area contributed by atoms with E-state index in [0.717, 1.165) is 14.5 Å². The highest BCUT2D eigenvalue weighted by Crippen LogP contribution is 2.27. The van der Waals surface area contributed by atoms with E-state index in [4.69, 9.17) is 5.11 Å². The molecule has 1 aliphatic rings. The molecule has 2 aromatic rings. The van der Waals surface area contributed by atoms with Crippen LogP contribution in [-0.4, -0.2) is 56.9 Å². The molecule has 1 saturated heterocycles. The second kappa shape index (κ2) is 8.45. The van der Waals surface area contributed by atoms with Crippen molar-refractivity contribution in [2.75, 3.05) is 26.2 Å². The molecular weight excluding hydrogens is 482 g/mol. The number of benzene rings is 1. The Balaban J connectivity index is 1.73. The molecule has 0 spiro atoms. The third-order valence-corrected chi connectivity index (χ3v) is 6.76. The van der Waals surface area contributed by atoms with Gasteiger partial charge < -0.3 is 19.7 Å². The summed E-state index contributed by atoms with van der Waals surface area (Å²) in [6.45, 7) is 2.73. The number of hydrogen-bond donors (Lipinski definition) is 2. The van der Waals surface area contributed by atoms with E-state index in [0.29, 0.717) is 44.8 Å². The van der Waals surface area contributed by atoms with E-state index in [1.54, 1.807) is 12.3 Å². The number of aromatic nitrogens is 1.